The Morgan fingerprint density at radius 2 is 1.37 bits per heavy atom. The minimum atomic E-state index is -0.865. The largest absolute Gasteiger partial charge is 0.344 e. The molecule has 1 aromatic carbocycles. The number of hydrogen-bond acceptors (Lipinski definition) is 3. The van der Waals surface area contributed by atoms with E-state index in [0.717, 1.165) is 12.8 Å². The minimum absolute atomic E-state index is 0.0155. The van der Waals surface area contributed by atoms with Crippen LogP contribution in [0.15, 0.2) is 36.4 Å². The van der Waals surface area contributed by atoms with E-state index in [1.807, 2.05) is 12.1 Å². The molecule has 1 aliphatic heterocycles. The van der Waals surface area contributed by atoms with Crippen LogP contribution in [-0.2, 0) is 4.74 Å². The molecule has 0 unspecified atom stereocenters. The summed E-state index contributed by atoms with van der Waals surface area (Å²) in [6.07, 6.45) is 6.06. The van der Waals surface area contributed by atoms with Crippen molar-refractivity contribution in [3.05, 3.63) is 47.5 Å². The van der Waals surface area contributed by atoms with Crippen LogP contribution in [0.3, 0.4) is 0 Å². The zero-order valence-corrected chi connectivity index (χ0v) is 10.3. The molecule has 3 nitrogen and oxygen atoms in total. The summed E-state index contributed by atoms with van der Waals surface area (Å²) in [6.45, 7) is 0. The molecule has 1 heterocycles. The van der Waals surface area contributed by atoms with Gasteiger partial charge in [0.15, 0.2) is 22.8 Å². The number of hydrogen-bond donors (Lipinski definition) is 0. The average Bonchev–Trinajstić information content (AvgIpc) is 3.22. The van der Waals surface area contributed by atoms with E-state index in [-0.39, 0.29) is 23.4 Å². The van der Waals surface area contributed by atoms with Crippen molar-refractivity contribution in [2.45, 2.75) is 24.0 Å². The fourth-order valence-corrected chi connectivity index (χ4v) is 4.47. The third-order valence-corrected chi connectivity index (χ3v) is 5.33. The summed E-state index contributed by atoms with van der Waals surface area (Å²) < 4.78 is 5.95. The van der Waals surface area contributed by atoms with Crippen molar-refractivity contribution in [1.82, 2.24) is 0 Å². The van der Waals surface area contributed by atoms with Gasteiger partial charge in [-0.25, -0.2) is 0 Å². The molecule has 3 heteroatoms. The Kier molecular flexibility index (Phi) is 1.45. The first kappa shape index (κ1) is 10.1. The van der Waals surface area contributed by atoms with Gasteiger partial charge in [-0.1, -0.05) is 36.4 Å². The third-order valence-electron chi connectivity index (χ3n) is 5.33. The second-order valence-electron chi connectivity index (χ2n) is 5.95. The summed E-state index contributed by atoms with van der Waals surface area (Å²) in [4.78, 5) is 25.7. The van der Waals surface area contributed by atoms with Crippen LogP contribution in [0.1, 0.15) is 33.6 Å². The van der Waals surface area contributed by atoms with Crippen LogP contribution in [0, 0.1) is 11.8 Å². The number of rotatable bonds is 0. The van der Waals surface area contributed by atoms with E-state index < -0.39 is 11.2 Å². The lowest BCUT2D eigenvalue weighted by Gasteiger charge is -2.40. The number of epoxide rings is 1. The van der Waals surface area contributed by atoms with Crippen LogP contribution in [0.5, 0.6) is 0 Å². The third kappa shape index (κ3) is 0.801. The highest BCUT2D eigenvalue weighted by Crippen LogP contribution is 2.69. The van der Waals surface area contributed by atoms with Gasteiger partial charge in [0, 0.05) is 23.0 Å². The topological polar surface area (TPSA) is 46.7 Å². The summed E-state index contributed by atoms with van der Waals surface area (Å²) >= 11 is 0. The Morgan fingerprint density at radius 1 is 0.895 bits per heavy atom. The highest BCUT2D eigenvalue weighted by Gasteiger charge is 2.86. The average molecular weight is 252 g/mol. The SMILES string of the molecule is O=C1c2ccccc2C(=O)[C@@]23O[C@@]12[C@H]1C=C[C@H]3CC1. The molecule has 0 aromatic heterocycles. The quantitative estimate of drug-likeness (QED) is 0.525. The van der Waals surface area contributed by atoms with Crippen molar-refractivity contribution in [3.8, 4) is 0 Å². The number of carbonyl (C=O) groups is 2. The molecule has 4 aliphatic carbocycles. The standard InChI is InChI=1S/C16H12O3/c17-13-11-3-1-2-4-12(11)14(18)16-10-7-5-9(6-8-10)15(13,16)19-16/h1-5,7,9-10H,6,8H2/t9-,10-,15-,16+/m0/s1. The van der Waals surface area contributed by atoms with Crippen molar-refractivity contribution in [2.24, 2.45) is 11.8 Å². The van der Waals surface area contributed by atoms with Gasteiger partial charge in [0.25, 0.3) is 0 Å². The highest BCUT2D eigenvalue weighted by atomic mass is 16.6. The maximum Gasteiger partial charge on any atom is 0.199 e. The molecule has 2 bridgehead atoms. The summed E-state index contributed by atoms with van der Waals surface area (Å²) in [5, 5.41) is 0. The Hall–Kier alpha value is -1.74. The van der Waals surface area contributed by atoms with Gasteiger partial charge in [-0.15, -0.1) is 0 Å². The van der Waals surface area contributed by atoms with E-state index in [0.29, 0.717) is 11.1 Å². The highest BCUT2D eigenvalue weighted by molar-refractivity contribution is 6.26. The van der Waals surface area contributed by atoms with Crippen molar-refractivity contribution >= 4 is 11.6 Å². The Morgan fingerprint density at radius 3 is 1.79 bits per heavy atom. The van der Waals surface area contributed by atoms with Crippen molar-refractivity contribution in [3.63, 3.8) is 0 Å². The first-order chi connectivity index (χ1) is 9.22. The molecule has 19 heavy (non-hydrogen) atoms. The van der Waals surface area contributed by atoms with Crippen LogP contribution >= 0.6 is 0 Å². The van der Waals surface area contributed by atoms with E-state index in [1.165, 1.54) is 0 Å². The van der Waals surface area contributed by atoms with Crippen LogP contribution in [0.2, 0.25) is 0 Å². The van der Waals surface area contributed by atoms with Crippen LogP contribution in [0.4, 0.5) is 0 Å². The fourth-order valence-electron chi connectivity index (χ4n) is 4.47. The van der Waals surface area contributed by atoms with E-state index in [9.17, 15) is 9.59 Å². The fraction of sp³-hybridized carbons (Fsp3) is 0.375. The zero-order chi connectivity index (χ0) is 12.8. The van der Waals surface area contributed by atoms with Crippen LogP contribution in [-0.4, -0.2) is 22.8 Å². The minimum Gasteiger partial charge on any atom is -0.344 e. The van der Waals surface area contributed by atoms with Gasteiger partial charge in [-0.3, -0.25) is 9.59 Å². The van der Waals surface area contributed by atoms with Crippen molar-refractivity contribution < 1.29 is 14.3 Å². The van der Waals surface area contributed by atoms with Gasteiger partial charge in [0.1, 0.15) is 0 Å². The predicted molar refractivity (Wildman–Crippen MR) is 67.0 cm³/mol. The van der Waals surface area contributed by atoms with Gasteiger partial charge in [0.05, 0.1) is 0 Å². The lowest BCUT2D eigenvalue weighted by molar-refractivity contribution is 0.0735. The summed E-state index contributed by atoms with van der Waals surface area (Å²) in [6, 6.07) is 7.13. The van der Waals surface area contributed by atoms with E-state index in [2.05, 4.69) is 12.2 Å². The van der Waals surface area contributed by atoms with Gasteiger partial charge in [0.2, 0.25) is 0 Å². The van der Waals surface area contributed by atoms with E-state index in [1.54, 1.807) is 12.1 Å². The van der Waals surface area contributed by atoms with Crippen LogP contribution < -0.4 is 0 Å². The number of benzene rings is 1. The van der Waals surface area contributed by atoms with Crippen molar-refractivity contribution in [1.29, 1.82) is 0 Å². The molecule has 94 valence electrons. The molecular weight excluding hydrogens is 240 g/mol. The Bertz CT molecular complexity index is 632. The summed E-state index contributed by atoms with van der Waals surface area (Å²) in [5.41, 5.74) is -0.644. The Labute approximate surface area is 110 Å². The molecule has 6 rings (SSSR count). The molecule has 0 amide bonds. The van der Waals surface area contributed by atoms with E-state index in [4.69, 9.17) is 4.74 Å². The first-order valence-electron chi connectivity index (χ1n) is 6.79. The molecule has 0 N–H and O–H groups in total. The molecule has 2 fully saturated rings. The van der Waals surface area contributed by atoms with Gasteiger partial charge >= 0.3 is 0 Å². The summed E-state index contributed by atoms with van der Waals surface area (Å²) in [5.74, 6) is 0.174. The first-order valence-corrected chi connectivity index (χ1v) is 6.79. The van der Waals surface area contributed by atoms with Gasteiger partial charge in [-0.05, 0) is 12.8 Å². The predicted octanol–water partition coefficient (Wildman–Crippen LogP) is 2.17. The maximum absolute atomic E-state index is 12.8. The molecule has 1 saturated heterocycles. The van der Waals surface area contributed by atoms with Gasteiger partial charge < -0.3 is 4.74 Å². The molecule has 1 aromatic rings. The number of Topliss-reactive ketones (excluding diaryl/α,β-unsaturated/α-hetero) is 2. The van der Waals surface area contributed by atoms with Crippen molar-refractivity contribution in [2.75, 3.05) is 0 Å². The Balaban J connectivity index is 1.84. The second kappa shape index (κ2) is 2.73. The molecule has 0 radical (unpaired) electrons. The smallest absolute Gasteiger partial charge is 0.199 e. The normalized spacial score (nSPS) is 44.6. The molecular formula is C16H12O3. The zero-order valence-electron chi connectivity index (χ0n) is 10.3. The molecule has 5 aliphatic rings. The monoisotopic (exact) mass is 252 g/mol. The molecule has 4 atom stereocenters. The second-order valence-corrected chi connectivity index (χ2v) is 5.95. The lowest BCUT2D eigenvalue weighted by atomic mass is 9.56. The van der Waals surface area contributed by atoms with Gasteiger partial charge in [-0.2, -0.15) is 0 Å². The number of ether oxygens (including phenoxy) is 1. The summed E-state index contributed by atoms with van der Waals surface area (Å²) in [7, 11) is 0. The number of fused-ring (bicyclic) bond motifs is 2. The number of carbonyl (C=O) groups excluding carboxylic acids is 2. The van der Waals surface area contributed by atoms with Crippen LogP contribution in [0.25, 0.3) is 0 Å². The molecule has 1 saturated carbocycles. The number of ketones is 2. The molecule has 0 spiro atoms. The maximum atomic E-state index is 12.8. The van der Waals surface area contributed by atoms with E-state index >= 15 is 0 Å². The lowest BCUT2D eigenvalue weighted by Crippen LogP contribution is -2.56.